The third-order valence-electron chi connectivity index (χ3n) is 5.20. The summed E-state index contributed by atoms with van der Waals surface area (Å²) in [6.07, 6.45) is -2.60. The number of thiophene rings is 1. The SMILES string of the molecule is CC1OCc2sc(NC(=O)c3ccccc3OC(F)(F)F)c(C(=O)C3CCC3)c21. The monoisotopic (exact) mass is 425 g/mol. The van der Waals surface area contributed by atoms with Crippen LogP contribution in [0.5, 0.6) is 5.75 Å². The molecule has 1 aliphatic heterocycles. The van der Waals surface area contributed by atoms with E-state index < -0.39 is 18.0 Å². The molecule has 2 aliphatic rings. The van der Waals surface area contributed by atoms with E-state index in [0.717, 1.165) is 35.8 Å². The predicted octanol–water partition coefficient (Wildman–Crippen LogP) is 5.47. The molecule has 154 valence electrons. The lowest BCUT2D eigenvalue weighted by Crippen LogP contribution is -2.24. The fourth-order valence-corrected chi connectivity index (χ4v) is 4.77. The van der Waals surface area contributed by atoms with Crippen LogP contribution in [0.2, 0.25) is 0 Å². The highest BCUT2D eigenvalue weighted by atomic mass is 32.1. The van der Waals surface area contributed by atoms with E-state index in [2.05, 4.69) is 10.1 Å². The van der Waals surface area contributed by atoms with Gasteiger partial charge in [-0.3, -0.25) is 9.59 Å². The maximum Gasteiger partial charge on any atom is 0.573 e. The minimum atomic E-state index is -4.92. The number of Topliss-reactive ketones (excluding diaryl/α,β-unsaturated/α-hetero) is 1. The van der Waals surface area contributed by atoms with Crippen LogP contribution in [-0.4, -0.2) is 18.1 Å². The lowest BCUT2D eigenvalue weighted by atomic mass is 9.79. The normalized spacial score (nSPS) is 18.8. The maximum atomic E-state index is 13.0. The van der Waals surface area contributed by atoms with Crippen molar-refractivity contribution in [2.45, 2.75) is 45.3 Å². The summed E-state index contributed by atoms with van der Waals surface area (Å²) in [6, 6.07) is 5.12. The number of hydrogen-bond donors (Lipinski definition) is 1. The lowest BCUT2D eigenvalue weighted by Gasteiger charge is -2.25. The van der Waals surface area contributed by atoms with Gasteiger partial charge in [0.2, 0.25) is 0 Å². The first kappa shape index (κ1) is 19.9. The standard InChI is InChI=1S/C20H18F3NO4S/c1-10-15-14(9-27-10)29-19(16(15)17(25)11-5-4-6-11)24-18(26)12-7-2-3-8-13(12)28-20(21,22)23/h2-3,7-8,10-11H,4-6,9H2,1H3,(H,24,26). The molecule has 1 atom stereocenters. The summed E-state index contributed by atoms with van der Waals surface area (Å²) in [5.41, 5.74) is 0.953. The number of carbonyl (C=O) groups excluding carboxylic acids is 2. The van der Waals surface area contributed by atoms with Gasteiger partial charge in [0.15, 0.2) is 5.78 Å². The molecule has 29 heavy (non-hydrogen) atoms. The van der Waals surface area contributed by atoms with Crippen molar-refractivity contribution in [3.63, 3.8) is 0 Å². The number of halogens is 3. The topological polar surface area (TPSA) is 64.6 Å². The number of carbonyl (C=O) groups is 2. The molecule has 0 bridgehead atoms. The van der Waals surface area contributed by atoms with Gasteiger partial charge in [0, 0.05) is 16.4 Å². The lowest BCUT2D eigenvalue weighted by molar-refractivity contribution is -0.274. The Hall–Kier alpha value is -2.39. The van der Waals surface area contributed by atoms with E-state index in [1.54, 1.807) is 0 Å². The molecule has 5 nitrogen and oxygen atoms in total. The first-order valence-electron chi connectivity index (χ1n) is 9.22. The summed E-state index contributed by atoms with van der Waals surface area (Å²) in [7, 11) is 0. The van der Waals surface area contributed by atoms with Crippen LogP contribution in [0.25, 0.3) is 0 Å². The zero-order valence-electron chi connectivity index (χ0n) is 15.5. The maximum absolute atomic E-state index is 13.0. The van der Waals surface area contributed by atoms with Gasteiger partial charge in [-0.1, -0.05) is 18.6 Å². The number of ether oxygens (including phenoxy) is 2. The summed E-state index contributed by atoms with van der Waals surface area (Å²) in [6.45, 7) is 2.18. The van der Waals surface area contributed by atoms with Gasteiger partial charge >= 0.3 is 6.36 Å². The zero-order chi connectivity index (χ0) is 20.8. The highest BCUT2D eigenvalue weighted by Gasteiger charge is 2.37. The van der Waals surface area contributed by atoms with Gasteiger partial charge in [0.05, 0.1) is 23.8 Å². The van der Waals surface area contributed by atoms with Crippen LogP contribution in [-0.2, 0) is 11.3 Å². The largest absolute Gasteiger partial charge is 0.573 e. The molecule has 1 aliphatic carbocycles. The van der Waals surface area contributed by atoms with Crippen LogP contribution in [0.3, 0.4) is 0 Å². The highest BCUT2D eigenvalue weighted by Crippen LogP contribution is 2.46. The Morgan fingerprint density at radius 1 is 1.24 bits per heavy atom. The van der Waals surface area contributed by atoms with Gasteiger partial charge in [-0.2, -0.15) is 0 Å². The van der Waals surface area contributed by atoms with Crippen molar-refractivity contribution < 1.29 is 32.2 Å². The number of amides is 1. The Morgan fingerprint density at radius 3 is 2.62 bits per heavy atom. The van der Waals surface area contributed by atoms with Gasteiger partial charge in [0.25, 0.3) is 5.91 Å². The van der Waals surface area contributed by atoms with Gasteiger partial charge in [0.1, 0.15) is 10.8 Å². The van der Waals surface area contributed by atoms with E-state index in [0.29, 0.717) is 17.2 Å². The molecule has 1 saturated carbocycles. The van der Waals surface area contributed by atoms with Crippen molar-refractivity contribution in [1.82, 2.24) is 0 Å². The molecule has 0 radical (unpaired) electrons. The van der Waals surface area contributed by atoms with E-state index in [4.69, 9.17) is 4.74 Å². The number of para-hydroxylation sites is 1. The number of rotatable bonds is 5. The molecule has 1 N–H and O–H groups in total. The summed E-state index contributed by atoms with van der Waals surface area (Å²) in [5, 5.41) is 3.00. The molecule has 2 heterocycles. The summed E-state index contributed by atoms with van der Waals surface area (Å²) in [5.74, 6) is -1.48. The molecule has 4 rings (SSSR count). The average molecular weight is 425 g/mol. The molecular weight excluding hydrogens is 407 g/mol. The van der Waals surface area contributed by atoms with Crippen LogP contribution in [0.4, 0.5) is 18.2 Å². The first-order chi connectivity index (χ1) is 13.7. The van der Waals surface area contributed by atoms with E-state index in [1.807, 2.05) is 6.92 Å². The molecule has 1 aromatic carbocycles. The highest BCUT2D eigenvalue weighted by molar-refractivity contribution is 7.17. The zero-order valence-corrected chi connectivity index (χ0v) is 16.3. The Balaban J connectivity index is 1.66. The molecule has 1 amide bonds. The number of nitrogens with one attached hydrogen (secondary N) is 1. The molecular formula is C20H18F3NO4S. The quantitative estimate of drug-likeness (QED) is 0.645. The minimum absolute atomic E-state index is 0.0405. The second-order valence-electron chi connectivity index (χ2n) is 7.09. The van der Waals surface area contributed by atoms with Crippen molar-refractivity contribution in [3.05, 3.63) is 45.8 Å². The van der Waals surface area contributed by atoms with Crippen molar-refractivity contribution in [3.8, 4) is 5.75 Å². The van der Waals surface area contributed by atoms with Crippen LogP contribution in [0.1, 0.15) is 63.4 Å². The molecule has 0 saturated heterocycles. The van der Waals surface area contributed by atoms with E-state index in [-0.39, 0.29) is 23.4 Å². The second-order valence-corrected chi connectivity index (χ2v) is 8.19. The fourth-order valence-electron chi connectivity index (χ4n) is 3.56. The van der Waals surface area contributed by atoms with Crippen molar-refractivity contribution in [1.29, 1.82) is 0 Å². The molecule has 9 heteroatoms. The van der Waals surface area contributed by atoms with Gasteiger partial charge in [-0.05, 0) is 31.9 Å². The fraction of sp³-hybridized carbons (Fsp3) is 0.400. The molecule has 1 unspecified atom stereocenters. The third kappa shape index (κ3) is 3.89. The Morgan fingerprint density at radius 2 is 1.97 bits per heavy atom. The van der Waals surface area contributed by atoms with E-state index in [9.17, 15) is 22.8 Å². The van der Waals surface area contributed by atoms with Crippen molar-refractivity contribution in [2.24, 2.45) is 5.92 Å². The number of alkyl halides is 3. The summed E-state index contributed by atoms with van der Waals surface area (Å²) in [4.78, 5) is 26.6. The molecule has 0 spiro atoms. The number of hydrogen-bond acceptors (Lipinski definition) is 5. The Bertz CT molecular complexity index is 965. The number of benzene rings is 1. The van der Waals surface area contributed by atoms with Crippen LogP contribution < -0.4 is 10.1 Å². The molecule has 1 fully saturated rings. The van der Waals surface area contributed by atoms with Gasteiger partial charge in [-0.25, -0.2) is 0 Å². The van der Waals surface area contributed by atoms with Crippen molar-refractivity contribution in [2.75, 3.05) is 5.32 Å². The number of fused-ring (bicyclic) bond motifs is 1. The Kier molecular flexibility index (Phi) is 5.12. The van der Waals surface area contributed by atoms with E-state index >= 15 is 0 Å². The first-order valence-corrected chi connectivity index (χ1v) is 10.0. The van der Waals surface area contributed by atoms with Crippen molar-refractivity contribution >= 4 is 28.0 Å². The van der Waals surface area contributed by atoms with Crippen LogP contribution >= 0.6 is 11.3 Å². The summed E-state index contributed by atoms with van der Waals surface area (Å²) < 4.78 is 47.5. The minimum Gasteiger partial charge on any atom is -0.405 e. The van der Waals surface area contributed by atoms with Gasteiger partial charge in [-0.15, -0.1) is 24.5 Å². The molecule has 2 aromatic rings. The average Bonchev–Trinajstić information content (AvgIpc) is 3.11. The third-order valence-corrected chi connectivity index (χ3v) is 6.29. The molecule has 1 aromatic heterocycles. The predicted molar refractivity (Wildman–Crippen MR) is 100 cm³/mol. The van der Waals surface area contributed by atoms with E-state index in [1.165, 1.54) is 29.5 Å². The van der Waals surface area contributed by atoms with Gasteiger partial charge < -0.3 is 14.8 Å². The van der Waals surface area contributed by atoms with Crippen LogP contribution in [0, 0.1) is 5.92 Å². The number of ketones is 1. The number of anilines is 1. The second kappa shape index (κ2) is 7.46. The smallest absolute Gasteiger partial charge is 0.405 e. The Labute approximate surface area is 168 Å². The summed E-state index contributed by atoms with van der Waals surface area (Å²) >= 11 is 1.23. The van der Waals surface area contributed by atoms with Crippen LogP contribution in [0.15, 0.2) is 24.3 Å².